The first-order chi connectivity index (χ1) is 38.3. The number of rotatable bonds is 7. The van der Waals surface area contributed by atoms with Crippen LogP contribution in [-0.2, 0) is 27.1 Å². The summed E-state index contributed by atoms with van der Waals surface area (Å²) >= 11 is 0. The molecule has 9 aromatic carbocycles. The molecule has 0 saturated heterocycles. The molecule has 10 aromatic rings. The van der Waals surface area contributed by atoms with Gasteiger partial charge in [-0.1, -0.05) is 207 Å². The van der Waals surface area contributed by atoms with E-state index in [1.165, 1.54) is 55.6 Å². The third-order valence-electron chi connectivity index (χ3n) is 16.9. The maximum atomic E-state index is 5.73. The molecule has 0 N–H and O–H groups in total. The highest BCUT2D eigenvalue weighted by Crippen LogP contribution is 2.50. The van der Waals surface area contributed by atoms with Crippen LogP contribution in [0.5, 0.6) is 0 Å². The highest BCUT2D eigenvalue weighted by molar-refractivity contribution is 7.00. The zero-order valence-electron chi connectivity index (χ0n) is 50.4. The molecule has 0 fully saturated rings. The van der Waals surface area contributed by atoms with Gasteiger partial charge in [-0.2, -0.15) is 0 Å². The van der Waals surface area contributed by atoms with E-state index in [4.69, 9.17) is 4.98 Å². The van der Waals surface area contributed by atoms with E-state index < -0.39 is 0 Å². The summed E-state index contributed by atoms with van der Waals surface area (Å²) in [5, 5.41) is 0. The predicted octanol–water partition coefficient (Wildman–Crippen LogP) is 18.7. The quantitative estimate of drug-likeness (QED) is 0.149. The molecular formula is C75H78BN5. The van der Waals surface area contributed by atoms with Crippen molar-refractivity contribution in [3.05, 3.63) is 228 Å². The number of para-hydroxylation sites is 3. The number of anilines is 9. The van der Waals surface area contributed by atoms with Gasteiger partial charge in [0.2, 0.25) is 0 Å². The Morgan fingerprint density at radius 2 is 0.802 bits per heavy atom. The van der Waals surface area contributed by atoms with Crippen LogP contribution in [0.3, 0.4) is 0 Å². The molecule has 0 bridgehead atoms. The molecule has 81 heavy (non-hydrogen) atoms. The van der Waals surface area contributed by atoms with E-state index in [2.05, 4.69) is 323 Å². The van der Waals surface area contributed by atoms with Crippen molar-refractivity contribution in [2.24, 2.45) is 0 Å². The van der Waals surface area contributed by atoms with Gasteiger partial charge in [0, 0.05) is 62.4 Å². The molecule has 0 spiro atoms. The smallest absolute Gasteiger partial charge is 0.252 e. The van der Waals surface area contributed by atoms with E-state index in [1.54, 1.807) is 0 Å². The molecular weight excluding hydrogens is 982 g/mol. The Kier molecular flexibility index (Phi) is 12.8. The number of hydrogen-bond donors (Lipinski definition) is 0. The van der Waals surface area contributed by atoms with Crippen molar-refractivity contribution in [3.63, 3.8) is 0 Å². The zero-order valence-corrected chi connectivity index (χ0v) is 50.4. The summed E-state index contributed by atoms with van der Waals surface area (Å²) in [4.78, 5) is 13.3. The minimum Gasteiger partial charge on any atom is -0.311 e. The lowest BCUT2D eigenvalue weighted by Crippen LogP contribution is -2.61. The molecule has 0 aliphatic carbocycles. The molecule has 2 aliphatic rings. The number of fused-ring (bicyclic) bond motifs is 5. The number of aromatic nitrogens is 2. The highest BCUT2D eigenvalue weighted by atomic mass is 15.2. The lowest BCUT2D eigenvalue weighted by atomic mass is 9.33. The lowest BCUT2D eigenvalue weighted by molar-refractivity contribution is 0.568. The average molecular weight is 1060 g/mol. The van der Waals surface area contributed by atoms with Crippen molar-refractivity contribution in [1.29, 1.82) is 0 Å². The second-order valence-corrected chi connectivity index (χ2v) is 27.9. The third kappa shape index (κ3) is 9.64. The van der Waals surface area contributed by atoms with E-state index in [0.29, 0.717) is 0 Å². The molecule has 406 valence electrons. The summed E-state index contributed by atoms with van der Waals surface area (Å²) in [6.07, 6.45) is 0. The van der Waals surface area contributed by atoms with Crippen molar-refractivity contribution in [3.8, 4) is 17.1 Å². The monoisotopic (exact) mass is 1060 g/mol. The summed E-state index contributed by atoms with van der Waals surface area (Å²) in [5.74, 6) is 0.920. The second kappa shape index (κ2) is 19.3. The van der Waals surface area contributed by atoms with E-state index in [9.17, 15) is 0 Å². The fourth-order valence-corrected chi connectivity index (χ4v) is 12.1. The van der Waals surface area contributed by atoms with Gasteiger partial charge < -0.3 is 14.7 Å². The highest BCUT2D eigenvalue weighted by Gasteiger charge is 2.45. The molecule has 0 amide bonds. The van der Waals surface area contributed by atoms with Crippen LogP contribution >= 0.6 is 0 Å². The summed E-state index contributed by atoms with van der Waals surface area (Å²) in [5.41, 5.74) is 24.3. The minimum atomic E-state index is -0.200. The van der Waals surface area contributed by atoms with Gasteiger partial charge in [-0.15, -0.1) is 0 Å². The average Bonchev–Trinajstić information content (AvgIpc) is 4.01. The van der Waals surface area contributed by atoms with Gasteiger partial charge in [0.05, 0.1) is 11.0 Å². The van der Waals surface area contributed by atoms with Gasteiger partial charge in [-0.3, -0.25) is 4.57 Å². The van der Waals surface area contributed by atoms with Gasteiger partial charge in [0.25, 0.3) is 6.71 Å². The van der Waals surface area contributed by atoms with Crippen LogP contribution in [0.1, 0.15) is 132 Å². The molecule has 1 aromatic heterocycles. The van der Waals surface area contributed by atoms with Crippen molar-refractivity contribution in [2.45, 2.75) is 131 Å². The van der Waals surface area contributed by atoms with Gasteiger partial charge in [0.15, 0.2) is 0 Å². The van der Waals surface area contributed by atoms with Crippen molar-refractivity contribution in [2.75, 3.05) is 14.7 Å². The maximum absolute atomic E-state index is 5.73. The molecule has 2 aliphatic heterocycles. The topological polar surface area (TPSA) is 27.5 Å². The SMILES string of the molecule is CC(C)(C)c1ccc(-c2nc3cc4c(cc3n2-c2ccccc2)B2c3ccc(N(c5ccccc5)c5ccccc5)cc3N(c3ccc(C(C)(C)C)cc3)c3cc(C(C)(C)C)cc(c32)N4c2cc(C(C)(C)C)cc(C(C)(C)C)c2)cc1. The molecule has 0 unspecified atom stereocenters. The Morgan fingerprint density at radius 3 is 1.31 bits per heavy atom. The van der Waals surface area contributed by atoms with Crippen LogP contribution in [0.2, 0.25) is 0 Å². The first-order valence-corrected chi connectivity index (χ1v) is 29.2. The summed E-state index contributed by atoms with van der Waals surface area (Å²) in [6, 6.07) is 75.5. The van der Waals surface area contributed by atoms with Gasteiger partial charge in [0.1, 0.15) is 5.82 Å². The molecule has 0 saturated carbocycles. The Balaban J connectivity index is 1.22. The molecule has 12 rings (SSSR count). The molecule has 0 radical (unpaired) electrons. The Labute approximate surface area is 483 Å². The minimum absolute atomic E-state index is 0.0150. The van der Waals surface area contributed by atoms with Crippen LogP contribution in [0.25, 0.3) is 28.1 Å². The first kappa shape index (κ1) is 53.6. The van der Waals surface area contributed by atoms with Gasteiger partial charge >= 0.3 is 0 Å². The lowest BCUT2D eigenvalue weighted by Gasteiger charge is -2.45. The zero-order chi connectivity index (χ0) is 57.1. The summed E-state index contributed by atoms with van der Waals surface area (Å²) < 4.78 is 2.40. The number of imidazole rings is 1. The second-order valence-electron chi connectivity index (χ2n) is 27.9. The van der Waals surface area contributed by atoms with E-state index in [1.807, 2.05) is 0 Å². The predicted molar refractivity (Wildman–Crippen MR) is 349 cm³/mol. The molecule has 0 atom stereocenters. The molecule has 3 heterocycles. The van der Waals surface area contributed by atoms with E-state index >= 15 is 0 Å². The largest absolute Gasteiger partial charge is 0.311 e. The van der Waals surface area contributed by atoms with E-state index in [-0.39, 0.29) is 33.8 Å². The van der Waals surface area contributed by atoms with Crippen molar-refractivity contribution >= 4 is 85.3 Å². The van der Waals surface area contributed by atoms with Gasteiger partial charge in [-0.05, 0) is 168 Å². The van der Waals surface area contributed by atoms with Crippen molar-refractivity contribution < 1.29 is 0 Å². The fourth-order valence-electron chi connectivity index (χ4n) is 12.1. The van der Waals surface area contributed by atoms with E-state index in [0.717, 1.165) is 67.9 Å². The van der Waals surface area contributed by atoms with Crippen LogP contribution < -0.4 is 31.1 Å². The van der Waals surface area contributed by atoms with Crippen LogP contribution in [0, 0.1) is 0 Å². The number of nitrogens with zero attached hydrogens (tertiary/aromatic N) is 5. The number of benzene rings is 9. The number of hydrogen-bond acceptors (Lipinski definition) is 4. The third-order valence-corrected chi connectivity index (χ3v) is 16.9. The Hall–Kier alpha value is -8.09. The summed E-state index contributed by atoms with van der Waals surface area (Å²) in [7, 11) is 0. The van der Waals surface area contributed by atoms with Crippen molar-refractivity contribution in [1.82, 2.24) is 9.55 Å². The molecule has 6 heteroatoms. The van der Waals surface area contributed by atoms with Gasteiger partial charge in [-0.25, -0.2) is 4.98 Å². The normalized spacial score (nSPS) is 13.5. The Morgan fingerprint density at radius 1 is 0.346 bits per heavy atom. The first-order valence-electron chi connectivity index (χ1n) is 29.2. The van der Waals surface area contributed by atoms with Crippen LogP contribution in [0.4, 0.5) is 51.2 Å². The van der Waals surface area contributed by atoms with Crippen LogP contribution in [0.15, 0.2) is 200 Å². The maximum Gasteiger partial charge on any atom is 0.252 e. The summed E-state index contributed by atoms with van der Waals surface area (Å²) in [6.45, 7) is 34.8. The molecule has 5 nitrogen and oxygen atoms in total. The Bertz CT molecular complexity index is 3920. The standard InChI is InChI=1S/C75H78BN5/c1-71(2,3)50-33-31-49(32-34-50)70-77-63-48-65-62(47-66(63)81(70)57-29-23-18-24-30-57)76-61-40-39-59(78(55-25-19-16-20-26-55)56-27-21-17-22-28-56)46-64(61)79(58-37-35-51(36-38-58)72(4,5)6)67-44-54(75(13,14)15)45-68(69(67)76)80(65)60-42-52(73(7,8)9)41-53(43-60)74(10,11)12/h16-48H,1-15H3. The fraction of sp³-hybridized carbons (Fsp3) is 0.267. The van der Waals surface area contributed by atoms with Crippen LogP contribution in [-0.4, -0.2) is 16.3 Å².